The predicted molar refractivity (Wildman–Crippen MR) is 79.8 cm³/mol. The Morgan fingerprint density at radius 1 is 1.25 bits per heavy atom. The van der Waals surface area contributed by atoms with Crippen LogP contribution in [-0.2, 0) is 17.8 Å². The molecule has 0 atom stereocenters. The van der Waals surface area contributed by atoms with E-state index in [1.165, 1.54) is 12.1 Å². The summed E-state index contributed by atoms with van der Waals surface area (Å²) in [7, 11) is 0. The molecule has 0 spiro atoms. The number of nitrogens with two attached hydrogens (primary N) is 1. The minimum atomic E-state index is -0.304. The first-order valence-electron chi connectivity index (χ1n) is 6.17. The first-order valence-corrected chi connectivity index (χ1v) is 6.96. The Balaban J connectivity index is 1.94. The molecule has 2 aromatic rings. The smallest absolute Gasteiger partial charge is 0.231 e. The Morgan fingerprint density at radius 3 is 2.80 bits per heavy atom. The number of nitrogens with zero attached hydrogens (tertiary/aromatic N) is 1. The fourth-order valence-electron chi connectivity index (χ4n) is 2.40. The number of amides is 1. The highest BCUT2D eigenvalue weighted by atomic mass is 79.9. The molecule has 1 aliphatic heterocycles. The molecule has 2 aromatic carbocycles. The number of rotatable bonds is 2. The van der Waals surface area contributed by atoms with E-state index in [1.807, 2.05) is 12.1 Å². The lowest BCUT2D eigenvalue weighted by Crippen LogP contribution is -2.26. The van der Waals surface area contributed by atoms with E-state index in [0.29, 0.717) is 23.1 Å². The van der Waals surface area contributed by atoms with E-state index in [0.717, 1.165) is 16.8 Å². The largest absolute Gasteiger partial charge is 0.399 e. The van der Waals surface area contributed by atoms with Crippen LogP contribution in [-0.4, -0.2) is 5.91 Å². The molecule has 102 valence electrons. The van der Waals surface area contributed by atoms with Crippen LogP contribution in [0.15, 0.2) is 40.9 Å². The molecule has 20 heavy (non-hydrogen) atoms. The van der Waals surface area contributed by atoms with Crippen LogP contribution in [0.2, 0.25) is 0 Å². The van der Waals surface area contributed by atoms with Gasteiger partial charge in [0.1, 0.15) is 5.82 Å². The molecule has 1 amide bonds. The fourth-order valence-corrected chi connectivity index (χ4v) is 2.87. The van der Waals surface area contributed by atoms with Gasteiger partial charge in [-0.3, -0.25) is 4.79 Å². The second-order valence-corrected chi connectivity index (χ2v) is 5.63. The van der Waals surface area contributed by atoms with Crippen molar-refractivity contribution in [1.82, 2.24) is 0 Å². The summed E-state index contributed by atoms with van der Waals surface area (Å²) in [6.45, 7) is 0.413. The van der Waals surface area contributed by atoms with E-state index in [-0.39, 0.29) is 11.7 Å². The molecule has 0 saturated carbocycles. The van der Waals surface area contributed by atoms with Crippen molar-refractivity contribution >= 4 is 33.2 Å². The maximum absolute atomic E-state index is 13.1. The van der Waals surface area contributed by atoms with Gasteiger partial charge in [-0.1, -0.05) is 22.0 Å². The molecule has 1 aliphatic rings. The fraction of sp³-hybridized carbons (Fsp3) is 0.133. The Bertz CT molecular complexity index is 702. The molecule has 3 nitrogen and oxygen atoms in total. The van der Waals surface area contributed by atoms with Crippen LogP contribution in [0.3, 0.4) is 0 Å². The number of fused-ring (bicyclic) bond motifs is 1. The van der Waals surface area contributed by atoms with E-state index in [9.17, 15) is 9.18 Å². The number of anilines is 2. The third-order valence-electron chi connectivity index (χ3n) is 3.38. The zero-order chi connectivity index (χ0) is 14.3. The van der Waals surface area contributed by atoms with E-state index < -0.39 is 0 Å². The van der Waals surface area contributed by atoms with Crippen LogP contribution in [0.4, 0.5) is 15.8 Å². The number of halogens is 2. The highest BCUT2D eigenvalue weighted by molar-refractivity contribution is 9.10. The summed E-state index contributed by atoms with van der Waals surface area (Å²) >= 11 is 3.33. The molecule has 0 fully saturated rings. The molecule has 1 heterocycles. The molecule has 3 rings (SSSR count). The van der Waals surface area contributed by atoms with E-state index >= 15 is 0 Å². The Hall–Kier alpha value is -1.88. The summed E-state index contributed by atoms with van der Waals surface area (Å²) in [5.41, 5.74) is 9.07. The SMILES string of the molecule is Nc1ccc2c(c1)CC(=O)N2Cc1ccc(F)cc1Br. The highest BCUT2D eigenvalue weighted by Gasteiger charge is 2.27. The molecule has 0 aromatic heterocycles. The van der Waals surface area contributed by atoms with Crippen LogP contribution in [0.25, 0.3) is 0 Å². The van der Waals surface area contributed by atoms with Crippen molar-refractivity contribution in [2.75, 3.05) is 10.6 Å². The van der Waals surface area contributed by atoms with Gasteiger partial charge in [0.15, 0.2) is 0 Å². The third kappa shape index (κ3) is 2.29. The van der Waals surface area contributed by atoms with Crippen LogP contribution >= 0.6 is 15.9 Å². The monoisotopic (exact) mass is 334 g/mol. The van der Waals surface area contributed by atoms with Gasteiger partial charge in [0, 0.05) is 15.8 Å². The second kappa shape index (κ2) is 4.90. The molecule has 2 N–H and O–H groups in total. The van der Waals surface area contributed by atoms with Gasteiger partial charge >= 0.3 is 0 Å². The number of nitrogen functional groups attached to an aromatic ring is 1. The Labute approximate surface area is 124 Å². The van der Waals surface area contributed by atoms with Crippen LogP contribution in [0.5, 0.6) is 0 Å². The van der Waals surface area contributed by atoms with Gasteiger partial charge in [0.25, 0.3) is 0 Å². The predicted octanol–water partition coefficient (Wildman–Crippen LogP) is 3.26. The van der Waals surface area contributed by atoms with E-state index in [2.05, 4.69) is 15.9 Å². The molecule has 5 heteroatoms. The summed E-state index contributed by atoms with van der Waals surface area (Å²) in [4.78, 5) is 13.8. The minimum absolute atomic E-state index is 0.0295. The number of benzene rings is 2. The van der Waals surface area contributed by atoms with Crippen molar-refractivity contribution in [3.05, 3.63) is 57.8 Å². The molecule has 0 bridgehead atoms. The van der Waals surface area contributed by atoms with Crippen LogP contribution in [0, 0.1) is 5.82 Å². The lowest BCUT2D eigenvalue weighted by Gasteiger charge is -2.18. The van der Waals surface area contributed by atoms with Gasteiger partial charge in [-0.15, -0.1) is 0 Å². The number of carbonyl (C=O) groups is 1. The average Bonchev–Trinajstić information content (AvgIpc) is 2.68. The summed E-state index contributed by atoms with van der Waals surface area (Å²) in [6.07, 6.45) is 0.360. The summed E-state index contributed by atoms with van der Waals surface area (Å²) < 4.78 is 13.8. The highest BCUT2D eigenvalue weighted by Crippen LogP contribution is 2.32. The lowest BCUT2D eigenvalue weighted by molar-refractivity contribution is -0.117. The van der Waals surface area contributed by atoms with Crippen molar-refractivity contribution in [3.63, 3.8) is 0 Å². The van der Waals surface area contributed by atoms with Crippen molar-refractivity contribution in [2.24, 2.45) is 0 Å². The zero-order valence-electron chi connectivity index (χ0n) is 10.6. The van der Waals surface area contributed by atoms with Gasteiger partial charge < -0.3 is 10.6 Å². The minimum Gasteiger partial charge on any atom is -0.399 e. The first kappa shape index (κ1) is 13.1. The molecule has 0 unspecified atom stereocenters. The molecule has 0 saturated heterocycles. The summed E-state index contributed by atoms with van der Waals surface area (Å²) in [5.74, 6) is -0.275. The quantitative estimate of drug-likeness (QED) is 0.857. The number of hydrogen-bond donors (Lipinski definition) is 1. The standard InChI is InChI=1S/C15H12BrFN2O/c16-13-7-11(17)2-1-9(13)8-19-14-4-3-12(18)5-10(14)6-15(19)20/h1-5,7H,6,8,18H2. The van der Waals surface area contributed by atoms with Gasteiger partial charge in [-0.25, -0.2) is 4.39 Å². The molecule has 0 radical (unpaired) electrons. The summed E-state index contributed by atoms with van der Waals surface area (Å²) in [5, 5.41) is 0. The van der Waals surface area contributed by atoms with E-state index in [1.54, 1.807) is 17.0 Å². The molecular weight excluding hydrogens is 323 g/mol. The topological polar surface area (TPSA) is 46.3 Å². The van der Waals surface area contributed by atoms with Crippen LogP contribution in [0.1, 0.15) is 11.1 Å². The first-order chi connectivity index (χ1) is 9.54. The normalized spacial score (nSPS) is 13.7. The van der Waals surface area contributed by atoms with Crippen molar-refractivity contribution in [1.29, 1.82) is 0 Å². The van der Waals surface area contributed by atoms with Crippen molar-refractivity contribution in [3.8, 4) is 0 Å². The molecule has 0 aliphatic carbocycles. The third-order valence-corrected chi connectivity index (χ3v) is 4.12. The second-order valence-electron chi connectivity index (χ2n) is 4.78. The maximum Gasteiger partial charge on any atom is 0.231 e. The van der Waals surface area contributed by atoms with Gasteiger partial charge in [0.2, 0.25) is 5.91 Å². The zero-order valence-corrected chi connectivity index (χ0v) is 12.2. The average molecular weight is 335 g/mol. The summed E-state index contributed by atoms with van der Waals surface area (Å²) in [6, 6.07) is 9.94. The number of hydrogen-bond acceptors (Lipinski definition) is 2. The number of carbonyl (C=O) groups excluding carboxylic acids is 1. The van der Waals surface area contributed by atoms with Crippen molar-refractivity contribution in [2.45, 2.75) is 13.0 Å². The van der Waals surface area contributed by atoms with Gasteiger partial charge in [-0.2, -0.15) is 0 Å². The Morgan fingerprint density at radius 2 is 2.05 bits per heavy atom. The Kier molecular flexibility index (Phi) is 3.22. The lowest BCUT2D eigenvalue weighted by atomic mass is 10.1. The maximum atomic E-state index is 13.1. The van der Waals surface area contributed by atoms with Gasteiger partial charge in [0.05, 0.1) is 13.0 Å². The van der Waals surface area contributed by atoms with Crippen LogP contribution < -0.4 is 10.6 Å². The molecular formula is C15H12BrFN2O. The van der Waals surface area contributed by atoms with E-state index in [4.69, 9.17) is 5.73 Å². The van der Waals surface area contributed by atoms with Gasteiger partial charge in [-0.05, 0) is 41.5 Å². The van der Waals surface area contributed by atoms with Crippen molar-refractivity contribution < 1.29 is 9.18 Å².